The zero-order valence-electron chi connectivity index (χ0n) is 13.8. The second-order valence-corrected chi connectivity index (χ2v) is 5.91. The van der Waals surface area contributed by atoms with Crippen LogP contribution in [0, 0.1) is 19.7 Å². The average molecular weight is 314 g/mol. The summed E-state index contributed by atoms with van der Waals surface area (Å²) < 4.78 is 12.8. The number of benzene rings is 2. The molecule has 3 nitrogen and oxygen atoms in total. The number of carbonyl (C=O) groups is 1. The van der Waals surface area contributed by atoms with E-state index in [9.17, 15) is 9.18 Å². The average Bonchev–Trinajstić information content (AvgIpc) is 2.48. The van der Waals surface area contributed by atoms with Crippen molar-refractivity contribution in [2.45, 2.75) is 33.2 Å². The van der Waals surface area contributed by atoms with E-state index in [4.69, 9.17) is 0 Å². The third-order valence-corrected chi connectivity index (χ3v) is 3.62. The van der Waals surface area contributed by atoms with Gasteiger partial charge in [0.2, 0.25) is 5.91 Å². The maximum atomic E-state index is 12.8. The number of nitrogens with one attached hydrogen (secondary N) is 2. The zero-order valence-corrected chi connectivity index (χ0v) is 13.8. The molecule has 0 aliphatic heterocycles. The first-order valence-electron chi connectivity index (χ1n) is 7.81. The second kappa shape index (κ2) is 7.77. The molecule has 0 aromatic heterocycles. The number of hydrogen-bond acceptors (Lipinski definition) is 2. The molecule has 0 fully saturated rings. The van der Waals surface area contributed by atoms with Crippen LogP contribution in [0.3, 0.4) is 0 Å². The Hall–Kier alpha value is -2.36. The molecule has 0 unspecified atom stereocenters. The first-order valence-corrected chi connectivity index (χ1v) is 7.81. The molecule has 0 aliphatic rings. The van der Waals surface area contributed by atoms with Gasteiger partial charge >= 0.3 is 0 Å². The van der Waals surface area contributed by atoms with E-state index in [2.05, 4.69) is 16.7 Å². The van der Waals surface area contributed by atoms with Gasteiger partial charge in [-0.3, -0.25) is 4.79 Å². The number of halogens is 1. The summed E-state index contributed by atoms with van der Waals surface area (Å²) in [7, 11) is 0. The summed E-state index contributed by atoms with van der Waals surface area (Å²) in [5.74, 6) is -0.296. The minimum atomic E-state index is -0.315. The number of carbonyl (C=O) groups excluding carboxylic acids is 1. The number of anilines is 1. The summed E-state index contributed by atoms with van der Waals surface area (Å²) in [6.45, 7) is 6.44. The van der Waals surface area contributed by atoms with Gasteiger partial charge in [0.25, 0.3) is 0 Å². The fourth-order valence-corrected chi connectivity index (χ4v) is 2.51. The monoisotopic (exact) mass is 314 g/mol. The Kier molecular flexibility index (Phi) is 5.74. The lowest BCUT2D eigenvalue weighted by molar-refractivity contribution is -0.121. The topological polar surface area (TPSA) is 41.1 Å². The lowest BCUT2D eigenvalue weighted by Crippen LogP contribution is -2.38. The van der Waals surface area contributed by atoms with Crippen LogP contribution in [0.25, 0.3) is 0 Å². The van der Waals surface area contributed by atoms with Crippen LogP contribution in [0.2, 0.25) is 0 Å². The number of rotatable bonds is 6. The van der Waals surface area contributed by atoms with Crippen LogP contribution in [-0.2, 0) is 11.2 Å². The zero-order chi connectivity index (χ0) is 16.8. The number of amides is 1. The minimum absolute atomic E-state index is 0.0497. The highest BCUT2D eigenvalue weighted by Crippen LogP contribution is 2.14. The van der Waals surface area contributed by atoms with Crippen molar-refractivity contribution in [1.82, 2.24) is 5.32 Å². The van der Waals surface area contributed by atoms with Gasteiger partial charge in [0.15, 0.2) is 0 Å². The van der Waals surface area contributed by atoms with Crippen LogP contribution >= 0.6 is 0 Å². The van der Waals surface area contributed by atoms with Gasteiger partial charge in [-0.1, -0.05) is 18.2 Å². The Bertz CT molecular complexity index is 647. The molecule has 2 rings (SSSR count). The molecule has 2 N–H and O–H groups in total. The van der Waals surface area contributed by atoms with Crippen molar-refractivity contribution in [2.24, 2.45) is 0 Å². The molecule has 0 radical (unpaired) electrons. The fourth-order valence-electron chi connectivity index (χ4n) is 2.51. The molecule has 4 heteroatoms. The molecule has 122 valence electrons. The van der Waals surface area contributed by atoms with E-state index in [1.807, 2.05) is 32.9 Å². The molecule has 2 aromatic carbocycles. The first-order chi connectivity index (χ1) is 10.9. The summed E-state index contributed by atoms with van der Waals surface area (Å²) in [6, 6.07) is 12.2. The Labute approximate surface area is 136 Å². The van der Waals surface area contributed by atoms with Gasteiger partial charge in [0, 0.05) is 12.2 Å². The molecule has 0 heterocycles. The third-order valence-electron chi connectivity index (χ3n) is 3.62. The van der Waals surface area contributed by atoms with Crippen LogP contribution in [-0.4, -0.2) is 18.5 Å². The predicted molar refractivity (Wildman–Crippen MR) is 92.1 cm³/mol. The van der Waals surface area contributed by atoms with Crippen LogP contribution in [0.15, 0.2) is 42.5 Å². The number of aryl methyl sites for hydroxylation is 2. The quantitative estimate of drug-likeness (QED) is 0.855. The molecular weight excluding hydrogens is 291 g/mol. The Morgan fingerprint density at radius 1 is 1.09 bits per heavy atom. The maximum absolute atomic E-state index is 12.8. The SMILES string of the molecule is Cc1cc(C)cc(N[C@H](C)C(=O)NCCc2ccc(F)cc2)c1. The molecular formula is C19H23FN2O. The van der Waals surface area contributed by atoms with Crippen LogP contribution in [0.4, 0.5) is 10.1 Å². The second-order valence-electron chi connectivity index (χ2n) is 5.91. The van der Waals surface area contributed by atoms with Gasteiger partial charge in [0.05, 0.1) is 0 Å². The molecule has 2 aromatic rings. The Morgan fingerprint density at radius 3 is 2.30 bits per heavy atom. The Balaban J connectivity index is 1.81. The smallest absolute Gasteiger partial charge is 0.242 e. The van der Waals surface area contributed by atoms with Crippen molar-refractivity contribution >= 4 is 11.6 Å². The normalized spacial score (nSPS) is 11.8. The lowest BCUT2D eigenvalue weighted by Gasteiger charge is -2.16. The summed E-state index contributed by atoms with van der Waals surface area (Å²) in [5.41, 5.74) is 4.28. The van der Waals surface area contributed by atoms with Crippen molar-refractivity contribution in [3.05, 3.63) is 65.0 Å². The number of hydrogen-bond donors (Lipinski definition) is 2. The van der Waals surface area contributed by atoms with Gasteiger partial charge in [-0.2, -0.15) is 0 Å². The molecule has 0 saturated carbocycles. The van der Waals surface area contributed by atoms with E-state index >= 15 is 0 Å². The Morgan fingerprint density at radius 2 is 1.70 bits per heavy atom. The van der Waals surface area contributed by atoms with E-state index in [0.29, 0.717) is 13.0 Å². The molecule has 1 atom stereocenters. The maximum Gasteiger partial charge on any atom is 0.242 e. The van der Waals surface area contributed by atoms with Crippen LogP contribution < -0.4 is 10.6 Å². The van der Waals surface area contributed by atoms with E-state index in [0.717, 1.165) is 22.4 Å². The van der Waals surface area contributed by atoms with Gasteiger partial charge in [0.1, 0.15) is 11.9 Å². The van der Waals surface area contributed by atoms with E-state index < -0.39 is 0 Å². The predicted octanol–water partition coefficient (Wildman–Crippen LogP) is 3.60. The summed E-state index contributed by atoms with van der Waals surface area (Å²) in [5, 5.41) is 6.12. The molecule has 1 amide bonds. The van der Waals surface area contributed by atoms with Crippen molar-refractivity contribution in [1.29, 1.82) is 0 Å². The fraction of sp³-hybridized carbons (Fsp3) is 0.316. The first kappa shape index (κ1) is 17.0. The van der Waals surface area contributed by atoms with Gasteiger partial charge in [-0.05, 0) is 68.1 Å². The highest BCUT2D eigenvalue weighted by atomic mass is 19.1. The van der Waals surface area contributed by atoms with Crippen LogP contribution in [0.1, 0.15) is 23.6 Å². The van der Waals surface area contributed by atoms with Crippen molar-refractivity contribution < 1.29 is 9.18 Å². The summed E-state index contributed by atoms with van der Waals surface area (Å²) in [6.07, 6.45) is 0.683. The third kappa shape index (κ3) is 5.40. The van der Waals surface area contributed by atoms with Crippen molar-refractivity contribution in [3.63, 3.8) is 0 Å². The summed E-state index contributed by atoms with van der Waals surface area (Å²) in [4.78, 5) is 12.1. The highest BCUT2D eigenvalue weighted by Gasteiger charge is 2.12. The lowest BCUT2D eigenvalue weighted by atomic mass is 10.1. The van der Waals surface area contributed by atoms with E-state index in [-0.39, 0.29) is 17.8 Å². The summed E-state index contributed by atoms with van der Waals surface area (Å²) >= 11 is 0. The van der Waals surface area contributed by atoms with E-state index in [1.54, 1.807) is 12.1 Å². The highest BCUT2D eigenvalue weighted by molar-refractivity contribution is 5.84. The van der Waals surface area contributed by atoms with Crippen molar-refractivity contribution in [2.75, 3.05) is 11.9 Å². The standard InChI is InChI=1S/C19H23FN2O/c1-13-10-14(2)12-18(11-13)22-15(3)19(23)21-9-8-16-4-6-17(20)7-5-16/h4-7,10-12,15,22H,8-9H2,1-3H3,(H,21,23)/t15-/m1/s1. The molecule has 0 spiro atoms. The van der Waals surface area contributed by atoms with Gasteiger partial charge in [-0.25, -0.2) is 4.39 Å². The molecule has 23 heavy (non-hydrogen) atoms. The largest absolute Gasteiger partial charge is 0.374 e. The van der Waals surface area contributed by atoms with E-state index in [1.165, 1.54) is 12.1 Å². The molecule has 0 bridgehead atoms. The van der Waals surface area contributed by atoms with Crippen molar-refractivity contribution in [3.8, 4) is 0 Å². The van der Waals surface area contributed by atoms with Gasteiger partial charge in [-0.15, -0.1) is 0 Å². The molecule has 0 aliphatic carbocycles. The minimum Gasteiger partial charge on any atom is -0.374 e. The van der Waals surface area contributed by atoms with Gasteiger partial charge < -0.3 is 10.6 Å². The van der Waals surface area contributed by atoms with Crippen LogP contribution in [0.5, 0.6) is 0 Å². The molecule has 0 saturated heterocycles.